The van der Waals surface area contributed by atoms with Crippen LogP contribution in [0.15, 0.2) is 41.0 Å². The molecule has 2 rings (SSSR count). The van der Waals surface area contributed by atoms with E-state index in [4.69, 9.17) is 4.42 Å². The number of aryl methyl sites for hydroxylation is 1. The van der Waals surface area contributed by atoms with Gasteiger partial charge in [0.05, 0.1) is 12.3 Å². The molecule has 0 aliphatic heterocycles. The summed E-state index contributed by atoms with van der Waals surface area (Å²) in [6, 6.07) is 11.3. The lowest BCUT2D eigenvalue weighted by Gasteiger charge is -2.19. The van der Waals surface area contributed by atoms with Crippen molar-refractivity contribution in [3.8, 4) is 0 Å². The molecule has 2 atom stereocenters. The van der Waals surface area contributed by atoms with Crippen LogP contribution in [0.5, 0.6) is 0 Å². The van der Waals surface area contributed by atoms with Crippen LogP contribution in [0.3, 0.4) is 0 Å². The van der Waals surface area contributed by atoms with Gasteiger partial charge in [0.1, 0.15) is 5.76 Å². The van der Waals surface area contributed by atoms with E-state index in [9.17, 15) is 0 Å². The molecule has 2 unspecified atom stereocenters. The molecule has 2 heteroatoms. The number of furan rings is 1. The van der Waals surface area contributed by atoms with Gasteiger partial charge in [-0.3, -0.25) is 0 Å². The fourth-order valence-electron chi connectivity index (χ4n) is 2.76. The highest BCUT2D eigenvalue weighted by Gasteiger charge is 2.18. The molecule has 0 aliphatic carbocycles. The summed E-state index contributed by atoms with van der Waals surface area (Å²) in [5.74, 6) is 1.70. The standard InChI is InChI=1S/C19H27NO/c1-5-14(4)15-8-10-16(11-9-15)19(20-7-3)17-12-13-21-18(17)6-2/h8-14,19-20H,5-7H2,1-4H3. The van der Waals surface area contributed by atoms with Crippen LogP contribution in [-0.2, 0) is 6.42 Å². The van der Waals surface area contributed by atoms with Gasteiger partial charge < -0.3 is 9.73 Å². The molecule has 0 amide bonds. The lowest BCUT2D eigenvalue weighted by molar-refractivity contribution is 0.502. The van der Waals surface area contributed by atoms with Crippen LogP contribution in [0.2, 0.25) is 0 Å². The molecule has 1 aromatic carbocycles. The van der Waals surface area contributed by atoms with E-state index in [0.717, 1.165) is 18.7 Å². The number of hydrogen-bond donors (Lipinski definition) is 1. The van der Waals surface area contributed by atoms with Gasteiger partial charge in [-0.05, 0) is 36.1 Å². The first-order chi connectivity index (χ1) is 10.2. The highest BCUT2D eigenvalue weighted by molar-refractivity contribution is 5.35. The zero-order chi connectivity index (χ0) is 15.2. The summed E-state index contributed by atoms with van der Waals surface area (Å²) in [4.78, 5) is 0. The maximum Gasteiger partial charge on any atom is 0.108 e. The third-order valence-electron chi connectivity index (χ3n) is 4.27. The fraction of sp³-hybridized carbons (Fsp3) is 0.474. The molecule has 0 spiro atoms. The molecular formula is C19H27NO. The van der Waals surface area contributed by atoms with E-state index in [2.05, 4.69) is 63.3 Å². The third kappa shape index (κ3) is 3.56. The molecule has 1 N–H and O–H groups in total. The molecule has 1 aromatic heterocycles. The van der Waals surface area contributed by atoms with E-state index in [-0.39, 0.29) is 6.04 Å². The Balaban J connectivity index is 2.30. The summed E-state index contributed by atoms with van der Waals surface area (Å²) in [6.45, 7) is 9.73. The summed E-state index contributed by atoms with van der Waals surface area (Å²) in [5.41, 5.74) is 3.98. The fourth-order valence-corrected chi connectivity index (χ4v) is 2.76. The summed E-state index contributed by atoms with van der Waals surface area (Å²) >= 11 is 0. The highest BCUT2D eigenvalue weighted by Crippen LogP contribution is 2.28. The Kier molecular flexibility index (Phi) is 5.63. The minimum atomic E-state index is 0.217. The van der Waals surface area contributed by atoms with Crippen LogP contribution in [0.4, 0.5) is 0 Å². The van der Waals surface area contributed by atoms with Gasteiger partial charge in [0.2, 0.25) is 0 Å². The zero-order valence-electron chi connectivity index (χ0n) is 13.6. The van der Waals surface area contributed by atoms with Crippen molar-refractivity contribution in [2.45, 2.75) is 52.5 Å². The van der Waals surface area contributed by atoms with Gasteiger partial charge in [-0.1, -0.05) is 52.0 Å². The molecule has 0 saturated carbocycles. The van der Waals surface area contributed by atoms with E-state index < -0.39 is 0 Å². The Labute approximate surface area is 128 Å². The predicted octanol–water partition coefficient (Wildman–Crippen LogP) is 5.05. The molecule has 0 fully saturated rings. The van der Waals surface area contributed by atoms with Crippen molar-refractivity contribution < 1.29 is 4.42 Å². The lowest BCUT2D eigenvalue weighted by atomic mass is 9.93. The Bertz CT molecular complexity index is 541. The second-order valence-corrected chi connectivity index (χ2v) is 5.62. The maximum absolute atomic E-state index is 5.60. The van der Waals surface area contributed by atoms with Crippen molar-refractivity contribution >= 4 is 0 Å². The van der Waals surface area contributed by atoms with E-state index in [1.807, 2.05) is 0 Å². The van der Waals surface area contributed by atoms with Crippen molar-refractivity contribution in [3.63, 3.8) is 0 Å². The molecule has 0 aliphatic rings. The highest BCUT2D eigenvalue weighted by atomic mass is 16.3. The molecule has 114 valence electrons. The molecule has 21 heavy (non-hydrogen) atoms. The minimum Gasteiger partial charge on any atom is -0.469 e. The topological polar surface area (TPSA) is 25.2 Å². The van der Waals surface area contributed by atoms with Crippen LogP contribution in [0.25, 0.3) is 0 Å². The first-order valence-corrected chi connectivity index (χ1v) is 8.10. The first kappa shape index (κ1) is 15.8. The predicted molar refractivity (Wildman–Crippen MR) is 88.8 cm³/mol. The Morgan fingerprint density at radius 1 is 1.00 bits per heavy atom. The maximum atomic E-state index is 5.60. The van der Waals surface area contributed by atoms with Crippen molar-refractivity contribution in [1.82, 2.24) is 5.32 Å². The van der Waals surface area contributed by atoms with Crippen molar-refractivity contribution in [2.75, 3.05) is 6.54 Å². The quantitative estimate of drug-likeness (QED) is 0.769. The van der Waals surface area contributed by atoms with Crippen LogP contribution in [0, 0.1) is 0 Å². The van der Waals surface area contributed by atoms with Crippen LogP contribution in [-0.4, -0.2) is 6.54 Å². The summed E-state index contributed by atoms with van der Waals surface area (Å²) < 4.78 is 5.60. The molecule has 2 nitrogen and oxygen atoms in total. The molecule has 0 bridgehead atoms. The van der Waals surface area contributed by atoms with E-state index in [0.29, 0.717) is 5.92 Å². The van der Waals surface area contributed by atoms with E-state index in [1.165, 1.54) is 23.1 Å². The van der Waals surface area contributed by atoms with Crippen molar-refractivity contribution in [2.24, 2.45) is 0 Å². The van der Waals surface area contributed by atoms with Gasteiger partial charge in [-0.15, -0.1) is 0 Å². The molecule has 2 aromatic rings. The largest absolute Gasteiger partial charge is 0.469 e. The van der Waals surface area contributed by atoms with Crippen LogP contribution < -0.4 is 5.32 Å². The van der Waals surface area contributed by atoms with Gasteiger partial charge in [0, 0.05) is 12.0 Å². The van der Waals surface area contributed by atoms with Crippen molar-refractivity contribution in [1.29, 1.82) is 0 Å². The smallest absolute Gasteiger partial charge is 0.108 e. The normalized spacial score (nSPS) is 14.1. The Morgan fingerprint density at radius 2 is 1.67 bits per heavy atom. The SMILES string of the molecule is CCNC(c1ccc(C(C)CC)cc1)c1ccoc1CC. The van der Waals surface area contributed by atoms with E-state index >= 15 is 0 Å². The number of nitrogens with one attached hydrogen (secondary N) is 1. The Morgan fingerprint density at radius 3 is 2.24 bits per heavy atom. The van der Waals surface area contributed by atoms with Gasteiger partial charge in [0.25, 0.3) is 0 Å². The third-order valence-corrected chi connectivity index (χ3v) is 4.27. The van der Waals surface area contributed by atoms with Crippen LogP contribution >= 0.6 is 0 Å². The van der Waals surface area contributed by atoms with Crippen molar-refractivity contribution in [3.05, 3.63) is 59.0 Å². The minimum absolute atomic E-state index is 0.217. The van der Waals surface area contributed by atoms with Gasteiger partial charge in [0.15, 0.2) is 0 Å². The zero-order valence-corrected chi connectivity index (χ0v) is 13.6. The van der Waals surface area contributed by atoms with Gasteiger partial charge in [-0.2, -0.15) is 0 Å². The molecule has 0 saturated heterocycles. The summed E-state index contributed by atoms with van der Waals surface area (Å²) in [5, 5.41) is 3.58. The molecular weight excluding hydrogens is 258 g/mol. The van der Waals surface area contributed by atoms with Crippen LogP contribution in [0.1, 0.15) is 68.5 Å². The van der Waals surface area contributed by atoms with E-state index in [1.54, 1.807) is 6.26 Å². The number of rotatable bonds is 7. The molecule has 1 heterocycles. The first-order valence-electron chi connectivity index (χ1n) is 8.10. The second-order valence-electron chi connectivity index (χ2n) is 5.62. The average molecular weight is 285 g/mol. The second kappa shape index (κ2) is 7.46. The summed E-state index contributed by atoms with van der Waals surface area (Å²) in [6.07, 6.45) is 3.90. The average Bonchev–Trinajstić information content (AvgIpc) is 3.00. The number of hydrogen-bond acceptors (Lipinski definition) is 2. The van der Waals surface area contributed by atoms with Gasteiger partial charge >= 0.3 is 0 Å². The molecule has 0 radical (unpaired) electrons. The summed E-state index contributed by atoms with van der Waals surface area (Å²) in [7, 11) is 0. The van der Waals surface area contributed by atoms with Gasteiger partial charge in [-0.25, -0.2) is 0 Å². The monoisotopic (exact) mass is 285 g/mol. The Hall–Kier alpha value is -1.54. The number of benzene rings is 1. The lowest BCUT2D eigenvalue weighted by Crippen LogP contribution is -2.22.